The van der Waals surface area contributed by atoms with Crippen LogP contribution in [0.25, 0.3) is 5.57 Å². The topological polar surface area (TPSA) is 79.3 Å². The summed E-state index contributed by atoms with van der Waals surface area (Å²) in [5, 5.41) is 9.02. The molecule has 1 aromatic rings. The van der Waals surface area contributed by atoms with E-state index in [1.165, 1.54) is 11.0 Å². The van der Waals surface area contributed by atoms with Gasteiger partial charge in [0.25, 0.3) is 0 Å². The number of ether oxygens (including phenoxy) is 2. The molecule has 1 atom stereocenters. The number of morpholine rings is 1. The molecule has 1 N–H and O–H groups in total. The minimum absolute atomic E-state index is 0.00292. The van der Waals surface area contributed by atoms with Gasteiger partial charge in [0.15, 0.2) is 11.6 Å². The number of amides is 2. The number of carbonyl (C=O) groups is 2. The number of rotatable bonds is 5. The fourth-order valence-corrected chi connectivity index (χ4v) is 4.68. The molecule has 0 radical (unpaired) electrons. The normalized spacial score (nSPS) is 22.4. The number of hydrogen-bond acceptors (Lipinski definition) is 4. The second-order valence-corrected chi connectivity index (χ2v) is 8.81. The third kappa shape index (κ3) is 5.41. The predicted octanol–water partition coefficient (Wildman–Crippen LogP) is 3.64. The molecule has 0 saturated carbocycles. The molecule has 1 unspecified atom stereocenters. The van der Waals surface area contributed by atoms with Crippen LogP contribution in [0.15, 0.2) is 24.3 Å². The summed E-state index contributed by atoms with van der Waals surface area (Å²) in [5.41, 5.74) is 1.91. The first-order valence-corrected chi connectivity index (χ1v) is 11.5. The zero-order valence-electron chi connectivity index (χ0n) is 18.3. The summed E-state index contributed by atoms with van der Waals surface area (Å²) in [7, 11) is 0. The van der Waals surface area contributed by atoms with Gasteiger partial charge in [0.05, 0.1) is 19.8 Å². The molecule has 1 aromatic carbocycles. The Bertz CT molecular complexity index is 860. The number of carboxylic acid groups (broad SMARTS) is 1. The summed E-state index contributed by atoms with van der Waals surface area (Å²) < 4.78 is 25.7. The molecule has 0 spiro atoms. The van der Waals surface area contributed by atoms with Crippen molar-refractivity contribution in [3.05, 3.63) is 35.7 Å². The summed E-state index contributed by atoms with van der Waals surface area (Å²) >= 11 is 0. The van der Waals surface area contributed by atoms with Crippen molar-refractivity contribution in [1.29, 1.82) is 0 Å². The highest BCUT2D eigenvalue weighted by Crippen LogP contribution is 2.33. The van der Waals surface area contributed by atoms with Gasteiger partial charge in [0.1, 0.15) is 0 Å². The van der Waals surface area contributed by atoms with E-state index in [0.717, 1.165) is 36.8 Å². The largest absolute Gasteiger partial charge is 0.490 e. The van der Waals surface area contributed by atoms with Gasteiger partial charge in [0, 0.05) is 32.1 Å². The molecule has 2 amide bonds. The molecule has 0 aromatic heterocycles. The standard InChI is InChI=1S/C24H31FN2O5/c25-21-15-20(5-6-22(21)32-16-17-7-9-27(10-8-17)24(29)30)18-1-3-19(4-2-18)23(28)26-11-13-31-14-12-26/h1,5-6,15,17,19H,2-4,7-14,16H2,(H,29,30). The number of hydrogen-bond donors (Lipinski definition) is 1. The van der Waals surface area contributed by atoms with Crippen LogP contribution in [0.4, 0.5) is 9.18 Å². The lowest BCUT2D eigenvalue weighted by atomic mass is 9.85. The van der Waals surface area contributed by atoms with Crippen LogP contribution in [-0.4, -0.2) is 72.9 Å². The van der Waals surface area contributed by atoms with E-state index in [-0.39, 0.29) is 23.5 Å². The fourth-order valence-electron chi connectivity index (χ4n) is 4.68. The van der Waals surface area contributed by atoms with Gasteiger partial charge in [-0.15, -0.1) is 0 Å². The Morgan fingerprint density at radius 2 is 1.84 bits per heavy atom. The van der Waals surface area contributed by atoms with E-state index in [1.54, 1.807) is 6.07 Å². The zero-order valence-corrected chi connectivity index (χ0v) is 18.3. The predicted molar refractivity (Wildman–Crippen MR) is 117 cm³/mol. The molecule has 0 bridgehead atoms. The van der Waals surface area contributed by atoms with Gasteiger partial charge >= 0.3 is 6.09 Å². The quantitative estimate of drug-likeness (QED) is 0.747. The van der Waals surface area contributed by atoms with Crippen molar-refractivity contribution < 1.29 is 28.6 Å². The van der Waals surface area contributed by atoms with Crippen LogP contribution in [0.2, 0.25) is 0 Å². The van der Waals surface area contributed by atoms with Gasteiger partial charge in [-0.05, 0) is 61.3 Å². The second kappa shape index (κ2) is 10.3. The lowest BCUT2D eigenvalue weighted by Gasteiger charge is -2.31. The number of nitrogens with zero attached hydrogens (tertiary/aromatic N) is 2. The number of likely N-dealkylation sites (tertiary alicyclic amines) is 1. The molecule has 7 nitrogen and oxygen atoms in total. The first-order valence-electron chi connectivity index (χ1n) is 11.5. The third-order valence-electron chi connectivity index (χ3n) is 6.75. The van der Waals surface area contributed by atoms with Crippen molar-refractivity contribution in [1.82, 2.24) is 9.80 Å². The van der Waals surface area contributed by atoms with Gasteiger partial charge in [0.2, 0.25) is 5.91 Å². The monoisotopic (exact) mass is 446 g/mol. The molecule has 2 saturated heterocycles. The van der Waals surface area contributed by atoms with Crippen LogP contribution >= 0.6 is 0 Å². The van der Waals surface area contributed by atoms with Gasteiger partial charge in [-0.3, -0.25) is 4.79 Å². The van der Waals surface area contributed by atoms with Crippen molar-refractivity contribution >= 4 is 17.6 Å². The molecule has 32 heavy (non-hydrogen) atoms. The van der Waals surface area contributed by atoms with E-state index in [2.05, 4.69) is 6.08 Å². The average Bonchev–Trinajstić information content (AvgIpc) is 2.83. The molecule has 2 heterocycles. The molecule has 4 rings (SSSR count). The lowest BCUT2D eigenvalue weighted by Crippen LogP contribution is -2.44. The Morgan fingerprint density at radius 1 is 1.09 bits per heavy atom. The van der Waals surface area contributed by atoms with E-state index >= 15 is 0 Å². The highest BCUT2D eigenvalue weighted by molar-refractivity contribution is 5.81. The smallest absolute Gasteiger partial charge is 0.407 e. The van der Waals surface area contributed by atoms with E-state index in [1.807, 2.05) is 11.0 Å². The molecular weight excluding hydrogens is 415 g/mol. The number of allylic oxidation sites excluding steroid dienone is 2. The minimum atomic E-state index is -0.889. The molecular formula is C24H31FN2O5. The van der Waals surface area contributed by atoms with Gasteiger partial charge < -0.3 is 24.4 Å². The Morgan fingerprint density at radius 3 is 2.47 bits per heavy atom. The zero-order chi connectivity index (χ0) is 22.5. The van der Waals surface area contributed by atoms with Crippen molar-refractivity contribution in [3.8, 4) is 5.75 Å². The summed E-state index contributed by atoms with van der Waals surface area (Å²) in [6.45, 7) is 3.91. The van der Waals surface area contributed by atoms with Crippen molar-refractivity contribution in [2.24, 2.45) is 11.8 Å². The molecule has 2 aliphatic heterocycles. The van der Waals surface area contributed by atoms with Gasteiger partial charge in [-0.1, -0.05) is 12.1 Å². The number of carbonyl (C=O) groups excluding carboxylic acids is 1. The van der Waals surface area contributed by atoms with Crippen LogP contribution in [0, 0.1) is 17.7 Å². The van der Waals surface area contributed by atoms with Crippen molar-refractivity contribution in [2.45, 2.75) is 32.1 Å². The summed E-state index contributed by atoms with van der Waals surface area (Å²) in [4.78, 5) is 27.0. The third-order valence-corrected chi connectivity index (χ3v) is 6.75. The van der Waals surface area contributed by atoms with E-state index in [0.29, 0.717) is 52.4 Å². The van der Waals surface area contributed by atoms with Crippen LogP contribution in [0.1, 0.15) is 37.7 Å². The van der Waals surface area contributed by atoms with Gasteiger partial charge in [-0.2, -0.15) is 0 Å². The maximum atomic E-state index is 14.7. The van der Waals surface area contributed by atoms with Crippen molar-refractivity contribution in [2.75, 3.05) is 46.0 Å². The fraction of sp³-hybridized carbons (Fsp3) is 0.583. The maximum absolute atomic E-state index is 14.7. The molecule has 3 aliphatic rings. The second-order valence-electron chi connectivity index (χ2n) is 8.81. The van der Waals surface area contributed by atoms with E-state index < -0.39 is 11.9 Å². The van der Waals surface area contributed by atoms with Crippen LogP contribution in [-0.2, 0) is 9.53 Å². The number of halogens is 1. The number of benzene rings is 1. The molecule has 8 heteroatoms. The highest BCUT2D eigenvalue weighted by atomic mass is 19.1. The van der Waals surface area contributed by atoms with E-state index in [4.69, 9.17) is 14.6 Å². The minimum Gasteiger partial charge on any atom is -0.490 e. The van der Waals surface area contributed by atoms with Crippen LogP contribution in [0.3, 0.4) is 0 Å². The summed E-state index contributed by atoms with van der Waals surface area (Å²) in [6.07, 6.45) is 4.84. The molecule has 2 fully saturated rings. The Hall–Kier alpha value is -2.61. The van der Waals surface area contributed by atoms with Crippen LogP contribution in [0.5, 0.6) is 5.75 Å². The SMILES string of the molecule is O=C(O)N1CCC(COc2ccc(C3=CCC(C(=O)N4CCOCC4)CC3)cc2F)CC1. The summed E-state index contributed by atoms with van der Waals surface area (Å²) in [6, 6.07) is 5.06. The Kier molecular flexibility index (Phi) is 7.29. The maximum Gasteiger partial charge on any atom is 0.407 e. The Balaban J connectivity index is 1.29. The highest BCUT2D eigenvalue weighted by Gasteiger charge is 2.28. The van der Waals surface area contributed by atoms with Crippen LogP contribution < -0.4 is 4.74 Å². The first kappa shape index (κ1) is 22.6. The van der Waals surface area contributed by atoms with Crippen molar-refractivity contribution in [3.63, 3.8) is 0 Å². The molecule has 1 aliphatic carbocycles. The lowest BCUT2D eigenvalue weighted by molar-refractivity contribution is -0.139. The molecule has 174 valence electrons. The average molecular weight is 447 g/mol. The first-order chi connectivity index (χ1) is 15.5. The number of piperidine rings is 1. The summed E-state index contributed by atoms with van der Waals surface area (Å²) in [5.74, 6) is 0.264. The Labute approximate surface area is 187 Å². The van der Waals surface area contributed by atoms with E-state index in [9.17, 15) is 14.0 Å². The van der Waals surface area contributed by atoms with Gasteiger partial charge in [-0.25, -0.2) is 9.18 Å².